The van der Waals surface area contributed by atoms with Crippen molar-refractivity contribution in [3.8, 4) is 0 Å². The highest BCUT2D eigenvalue weighted by molar-refractivity contribution is 4.98. The van der Waals surface area contributed by atoms with Crippen molar-refractivity contribution in [2.75, 3.05) is 19.8 Å². The average Bonchev–Trinajstić information content (AvgIpc) is 2.42. The number of rotatable bonds is 4. The second-order valence-corrected chi connectivity index (χ2v) is 7.75. The first-order valence-corrected chi connectivity index (χ1v) is 8.69. The van der Waals surface area contributed by atoms with Gasteiger partial charge in [-0.15, -0.1) is 0 Å². The van der Waals surface area contributed by atoms with Gasteiger partial charge in [0.2, 0.25) is 0 Å². The number of ether oxygens (including phenoxy) is 1. The lowest BCUT2D eigenvalue weighted by molar-refractivity contribution is -0.0400. The summed E-state index contributed by atoms with van der Waals surface area (Å²) in [6.45, 7) is 3.16. The van der Waals surface area contributed by atoms with E-state index in [9.17, 15) is 0 Å². The van der Waals surface area contributed by atoms with Crippen LogP contribution in [0.2, 0.25) is 0 Å². The molecular weight excluding hydrogens is 234 g/mol. The highest BCUT2D eigenvalue weighted by Crippen LogP contribution is 2.57. The fourth-order valence-electron chi connectivity index (χ4n) is 5.87. The van der Waals surface area contributed by atoms with Crippen LogP contribution in [0.1, 0.15) is 51.4 Å². The van der Waals surface area contributed by atoms with Gasteiger partial charge >= 0.3 is 0 Å². The van der Waals surface area contributed by atoms with Gasteiger partial charge in [0.1, 0.15) is 0 Å². The molecule has 0 aromatic heterocycles. The predicted molar refractivity (Wildman–Crippen MR) is 77.0 cm³/mol. The lowest BCUT2D eigenvalue weighted by Crippen LogP contribution is -2.46. The standard InChI is InChI=1S/C17H29NO/c1-2-16(11-19-5-1)18-4-3-17-14-7-12-6-13(9-14)10-15(17)8-12/h12-18H,1-11H2. The minimum absolute atomic E-state index is 0.644. The molecule has 1 aliphatic heterocycles. The summed E-state index contributed by atoms with van der Waals surface area (Å²) in [6, 6.07) is 0.644. The number of hydrogen-bond donors (Lipinski definition) is 1. The van der Waals surface area contributed by atoms with Gasteiger partial charge in [0.25, 0.3) is 0 Å². The smallest absolute Gasteiger partial charge is 0.0619 e. The van der Waals surface area contributed by atoms with Crippen molar-refractivity contribution in [1.82, 2.24) is 5.32 Å². The monoisotopic (exact) mass is 263 g/mol. The molecule has 1 heterocycles. The van der Waals surface area contributed by atoms with Crippen molar-refractivity contribution >= 4 is 0 Å². The van der Waals surface area contributed by atoms with Crippen molar-refractivity contribution in [2.45, 2.75) is 57.4 Å². The van der Waals surface area contributed by atoms with Crippen LogP contribution in [0.4, 0.5) is 0 Å². The molecule has 5 fully saturated rings. The fourth-order valence-corrected chi connectivity index (χ4v) is 5.87. The molecule has 5 aliphatic rings. The van der Waals surface area contributed by atoms with Crippen LogP contribution in [0, 0.1) is 29.6 Å². The molecule has 0 amide bonds. The summed E-state index contributed by atoms with van der Waals surface area (Å²) in [5.41, 5.74) is 0. The summed E-state index contributed by atoms with van der Waals surface area (Å²) in [6.07, 6.45) is 11.9. The number of hydrogen-bond acceptors (Lipinski definition) is 2. The van der Waals surface area contributed by atoms with E-state index in [2.05, 4.69) is 5.32 Å². The third-order valence-corrected chi connectivity index (χ3v) is 6.49. The van der Waals surface area contributed by atoms with Crippen LogP contribution in [0.3, 0.4) is 0 Å². The topological polar surface area (TPSA) is 21.3 Å². The van der Waals surface area contributed by atoms with Gasteiger partial charge in [0.05, 0.1) is 6.61 Å². The largest absolute Gasteiger partial charge is 0.380 e. The maximum atomic E-state index is 5.56. The van der Waals surface area contributed by atoms with Crippen molar-refractivity contribution in [3.05, 3.63) is 0 Å². The molecule has 0 radical (unpaired) electrons. The lowest BCUT2D eigenvalue weighted by atomic mass is 9.51. The lowest BCUT2D eigenvalue weighted by Gasteiger charge is -2.54. The van der Waals surface area contributed by atoms with Crippen molar-refractivity contribution < 1.29 is 4.74 Å². The maximum Gasteiger partial charge on any atom is 0.0619 e. The first kappa shape index (κ1) is 12.6. The second-order valence-electron chi connectivity index (χ2n) is 7.75. The summed E-state index contributed by atoms with van der Waals surface area (Å²) < 4.78 is 5.56. The Bertz CT molecular complexity index is 282. The Morgan fingerprint density at radius 1 is 0.947 bits per heavy atom. The molecule has 4 bridgehead atoms. The molecule has 4 aliphatic carbocycles. The highest BCUT2D eigenvalue weighted by atomic mass is 16.5. The zero-order chi connectivity index (χ0) is 12.7. The van der Waals surface area contributed by atoms with Gasteiger partial charge in [-0.1, -0.05) is 0 Å². The van der Waals surface area contributed by atoms with Crippen LogP contribution >= 0.6 is 0 Å². The van der Waals surface area contributed by atoms with E-state index in [1.165, 1.54) is 25.8 Å². The first-order valence-electron chi connectivity index (χ1n) is 8.69. The van der Waals surface area contributed by atoms with E-state index in [0.29, 0.717) is 6.04 Å². The molecule has 1 saturated heterocycles. The summed E-state index contributed by atoms with van der Waals surface area (Å²) in [7, 11) is 0. The molecule has 1 N–H and O–H groups in total. The number of nitrogens with one attached hydrogen (secondary N) is 1. The molecule has 5 rings (SSSR count). The van der Waals surface area contributed by atoms with Crippen LogP contribution in [-0.4, -0.2) is 25.8 Å². The van der Waals surface area contributed by atoms with E-state index in [1.807, 2.05) is 0 Å². The van der Waals surface area contributed by atoms with E-state index >= 15 is 0 Å². The van der Waals surface area contributed by atoms with Gasteiger partial charge in [0.15, 0.2) is 0 Å². The SMILES string of the molecule is C1COCC(NCCC2C3CC4CC(C3)CC2C4)C1. The Balaban J connectivity index is 1.26. The van der Waals surface area contributed by atoms with Gasteiger partial charge in [-0.2, -0.15) is 0 Å². The highest BCUT2D eigenvalue weighted by Gasteiger charge is 2.47. The molecule has 108 valence electrons. The van der Waals surface area contributed by atoms with Crippen molar-refractivity contribution in [3.63, 3.8) is 0 Å². The Morgan fingerprint density at radius 2 is 1.68 bits per heavy atom. The third-order valence-electron chi connectivity index (χ3n) is 6.49. The molecule has 0 aromatic rings. The normalized spacial score (nSPS) is 48.6. The first-order chi connectivity index (χ1) is 9.38. The maximum absolute atomic E-state index is 5.56. The third kappa shape index (κ3) is 2.58. The van der Waals surface area contributed by atoms with Gasteiger partial charge in [-0.05, 0) is 87.5 Å². The molecule has 19 heavy (non-hydrogen) atoms. The van der Waals surface area contributed by atoms with Crippen LogP contribution < -0.4 is 5.32 Å². The zero-order valence-electron chi connectivity index (χ0n) is 12.2. The molecule has 2 heteroatoms. The summed E-state index contributed by atoms with van der Waals surface area (Å²) in [5, 5.41) is 3.76. The zero-order valence-corrected chi connectivity index (χ0v) is 12.2. The fraction of sp³-hybridized carbons (Fsp3) is 1.00. The van der Waals surface area contributed by atoms with Crippen molar-refractivity contribution in [1.29, 1.82) is 0 Å². The van der Waals surface area contributed by atoms with Crippen molar-refractivity contribution in [2.24, 2.45) is 29.6 Å². The Labute approximate surface area is 117 Å². The van der Waals surface area contributed by atoms with E-state index < -0.39 is 0 Å². The summed E-state index contributed by atoms with van der Waals surface area (Å²) in [5.74, 6) is 5.50. The molecule has 0 aromatic carbocycles. The molecule has 2 nitrogen and oxygen atoms in total. The Hall–Kier alpha value is -0.0800. The molecule has 1 unspecified atom stereocenters. The predicted octanol–water partition coefficient (Wildman–Crippen LogP) is 3.22. The molecular formula is C17H29NO. The Morgan fingerprint density at radius 3 is 2.32 bits per heavy atom. The Kier molecular flexibility index (Phi) is 3.57. The van der Waals surface area contributed by atoms with E-state index in [1.54, 1.807) is 32.1 Å². The van der Waals surface area contributed by atoms with Crippen LogP contribution in [-0.2, 0) is 4.74 Å². The molecule has 1 atom stereocenters. The van der Waals surface area contributed by atoms with Gasteiger partial charge in [-0.25, -0.2) is 0 Å². The van der Waals surface area contributed by atoms with E-state index in [0.717, 1.165) is 42.8 Å². The second kappa shape index (κ2) is 5.37. The minimum Gasteiger partial charge on any atom is -0.380 e. The molecule has 0 spiro atoms. The molecule has 4 saturated carbocycles. The van der Waals surface area contributed by atoms with Gasteiger partial charge in [0, 0.05) is 12.6 Å². The van der Waals surface area contributed by atoms with E-state index in [4.69, 9.17) is 4.74 Å². The minimum atomic E-state index is 0.644. The summed E-state index contributed by atoms with van der Waals surface area (Å²) in [4.78, 5) is 0. The van der Waals surface area contributed by atoms with Crippen LogP contribution in [0.15, 0.2) is 0 Å². The van der Waals surface area contributed by atoms with Crippen LogP contribution in [0.5, 0.6) is 0 Å². The van der Waals surface area contributed by atoms with Crippen LogP contribution in [0.25, 0.3) is 0 Å². The van der Waals surface area contributed by atoms with Gasteiger partial charge < -0.3 is 10.1 Å². The van der Waals surface area contributed by atoms with Gasteiger partial charge in [-0.3, -0.25) is 0 Å². The van der Waals surface area contributed by atoms with E-state index in [-0.39, 0.29) is 0 Å². The summed E-state index contributed by atoms with van der Waals surface area (Å²) >= 11 is 0. The quantitative estimate of drug-likeness (QED) is 0.841. The average molecular weight is 263 g/mol.